The molecule has 2 aromatic heterocycles. The van der Waals surface area contributed by atoms with Crippen LogP contribution in [0.15, 0.2) is 35.7 Å². The predicted molar refractivity (Wildman–Crippen MR) is 79.4 cm³/mol. The number of carbonyl (C=O) groups excluding carboxylic acids is 1. The Bertz CT molecular complexity index is 818. The Balaban J connectivity index is 1.79. The molecule has 5 nitrogen and oxygen atoms in total. The zero-order chi connectivity index (χ0) is 14.8. The SMILES string of the molecule is Nc1nc(CNC(=O)c2ccc3cccc(F)c3n2)cs1. The van der Waals surface area contributed by atoms with Crippen molar-refractivity contribution in [1.82, 2.24) is 15.3 Å². The Morgan fingerprint density at radius 1 is 1.29 bits per heavy atom. The molecule has 0 saturated heterocycles. The lowest BCUT2D eigenvalue weighted by molar-refractivity contribution is 0.0946. The van der Waals surface area contributed by atoms with Gasteiger partial charge in [-0.3, -0.25) is 4.79 Å². The third-order valence-electron chi connectivity index (χ3n) is 2.90. The van der Waals surface area contributed by atoms with Crippen molar-refractivity contribution in [2.75, 3.05) is 5.73 Å². The second-order valence-electron chi connectivity index (χ2n) is 4.37. The van der Waals surface area contributed by atoms with Gasteiger partial charge in [0.1, 0.15) is 17.0 Å². The summed E-state index contributed by atoms with van der Waals surface area (Å²) in [4.78, 5) is 20.1. The van der Waals surface area contributed by atoms with E-state index in [0.717, 1.165) is 0 Å². The van der Waals surface area contributed by atoms with Gasteiger partial charge in [0.05, 0.1) is 12.2 Å². The molecule has 0 aliphatic carbocycles. The van der Waals surface area contributed by atoms with Gasteiger partial charge in [0.15, 0.2) is 5.13 Å². The molecule has 0 saturated carbocycles. The number of rotatable bonds is 3. The summed E-state index contributed by atoms with van der Waals surface area (Å²) in [5.41, 5.74) is 6.54. The van der Waals surface area contributed by atoms with Gasteiger partial charge in [0, 0.05) is 10.8 Å². The van der Waals surface area contributed by atoms with Gasteiger partial charge in [0.2, 0.25) is 0 Å². The van der Waals surface area contributed by atoms with Gasteiger partial charge in [-0.15, -0.1) is 11.3 Å². The lowest BCUT2D eigenvalue weighted by Crippen LogP contribution is -2.24. The predicted octanol–water partition coefficient (Wildman–Crippen LogP) is 2.34. The highest BCUT2D eigenvalue weighted by atomic mass is 32.1. The summed E-state index contributed by atoms with van der Waals surface area (Å²) in [7, 11) is 0. The first-order valence-electron chi connectivity index (χ1n) is 6.17. The van der Waals surface area contributed by atoms with Crippen LogP contribution in [0.3, 0.4) is 0 Å². The van der Waals surface area contributed by atoms with E-state index in [2.05, 4.69) is 15.3 Å². The van der Waals surface area contributed by atoms with Crippen LogP contribution in [0.4, 0.5) is 9.52 Å². The van der Waals surface area contributed by atoms with E-state index in [1.807, 2.05) is 0 Å². The molecule has 1 amide bonds. The summed E-state index contributed by atoms with van der Waals surface area (Å²) in [5, 5.41) is 5.55. The third kappa shape index (κ3) is 2.82. The molecule has 106 valence electrons. The third-order valence-corrected chi connectivity index (χ3v) is 3.63. The smallest absolute Gasteiger partial charge is 0.270 e. The van der Waals surface area contributed by atoms with Crippen molar-refractivity contribution >= 4 is 33.3 Å². The fourth-order valence-corrected chi connectivity index (χ4v) is 2.47. The highest BCUT2D eigenvalue weighted by Gasteiger charge is 2.10. The van der Waals surface area contributed by atoms with E-state index in [0.29, 0.717) is 16.2 Å². The van der Waals surface area contributed by atoms with E-state index in [9.17, 15) is 9.18 Å². The Kier molecular flexibility index (Phi) is 3.49. The number of halogens is 1. The van der Waals surface area contributed by atoms with Crippen molar-refractivity contribution < 1.29 is 9.18 Å². The molecule has 3 rings (SSSR count). The lowest BCUT2D eigenvalue weighted by Gasteiger charge is -2.04. The van der Waals surface area contributed by atoms with Gasteiger partial charge < -0.3 is 11.1 Å². The average molecular weight is 302 g/mol. The minimum Gasteiger partial charge on any atom is -0.375 e. The van der Waals surface area contributed by atoms with E-state index in [-0.39, 0.29) is 23.7 Å². The van der Waals surface area contributed by atoms with Gasteiger partial charge in [-0.2, -0.15) is 0 Å². The Morgan fingerprint density at radius 3 is 2.90 bits per heavy atom. The molecular weight excluding hydrogens is 291 g/mol. The molecule has 0 fully saturated rings. The first-order chi connectivity index (χ1) is 10.1. The minimum atomic E-state index is -0.450. The molecule has 3 aromatic rings. The summed E-state index contributed by atoms with van der Waals surface area (Å²) in [6.45, 7) is 0.253. The number of nitrogens with one attached hydrogen (secondary N) is 1. The first kappa shape index (κ1) is 13.4. The van der Waals surface area contributed by atoms with Crippen molar-refractivity contribution in [3.63, 3.8) is 0 Å². The van der Waals surface area contributed by atoms with Crippen molar-refractivity contribution in [2.45, 2.75) is 6.54 Å². The molecular formula is C14H11FN4OS. The summed E-state index contributed by atoms with van der Waals surface area (Å²) in [6.07, 6.45) is 0. The van der Waals surface area contributed by atoms with Crippen LogP contribution in [0.25, 0.3) is 10.9 Å². The fourth-order valence-electron chi connectivity index (χ4n) is 1.90. The number of nitrogen functional groups attached to an aromatic ring is 1. The number of anilines is 1. The van der Waals surface area contributed by atoms with Crippen LogP contribution >= 0.6 is 11.3 Å². The normalized spacial score (nSPS) is 10.7. The van der Waals surface area contributed by atoms with Gasteiger partial charge in [-0.25, -0.2) is 14.4 Å². The number of fused-ring (bicyclic) bond motifs is 1. The fraction of sp³-hybridized carbons (Fsp3) is 0.0714. The van der Waals surface area contributed by atoms with Crippen LogP contribution in [-0.2, 0) is 6.54 Å². The second-order valence-corrected chi connectivity index (χ2v) is 5.26. The van der Waals surface area contributed by atoms with E-state index in [1.165, 1.54) is 17.4 Å². The maximum atomic E-state index is 13.7. The molecule has 1 aromatic carbocycles. The number of thiazole rings is 1. The van der Waals surface area contributed by atoms with Crippen LogP contribution < -0.4 is 11.1 Å². The van der Waals surface area contributed by atoms with Gasteiger partial charge >= 0.3 is 0 Å². The van der Waals surface area contributed by atoms with Crippen molar-refractivity contribution in [3.8, 4) is 0 Å². The number of pyridine rings is 1. The Labute approximate surface area is 123 Å². The number of carbonyl (C=O) groups is 1. The van der Waals surface area contributed by atoms with Crippen molar-refractivity contribution in [1.29, 1.82) is 0 Å². The highest BCUT2D eigenvalue weighted by molar-refractivity contribution is 7.13. The molecule has 0 aliphatic heterocycles. The number of hydrogen-bond acceptors (Lipinski definition) is 5. The van der Waals surface area contributed by atoms with Gasteiger partial charge in [0.25, 0.3) is 5.91 Å². The first-order valence-corrected chi connectivity index (χ1v) is 7.05. The monoisotopic (exact) mass is 302 g/mol. The quantitative estimate of drug-likeness (QED) is 0.778. The number of hydrogen-bond donors (Lipinski definition) is 2. The molecule has 0 aliphatic rings. The topological polar surface area (TPSA) is 80.9 Å². The molecule has 0 radical (unpaired) electrons. The number of nitrogens with two attached hydrogens (primary N) is 1. The van der Waals surface area contributed by atoms with Crippen LogP contribution in [0, 0.1) is 5.82 Å². The zero-order valence-corrected chi connectivity index (χ0v) is 11.7. The second kappa shape index (κ2) is 5.45. The van der Waals surface area contributed by atoms with Gasteiger partial charge in [-0.1, -0.05) is 18.2 Å². The molecule has 3 N–H and O–H groups in total. The number of benzene rings is 1. The summed E-state index contributed by atoms with van der Waals surface area (Å²) >= 11 is 1.31. The highest BCUT2D eigenvalue weighted by Crippen LogP contribution is 2.16. The van der Waals surface area contributed by atoms with Crippen molar-refractivity contribution in [2.24, 2.45) is 0 Å². The summed E-state index contributed by atoms with van der Waals surface area (Å²) in [6, 6.07) is 7.89. The lowest BCUT2D eigenvalue weighted by atomic mass is 10.2. The zero-order valence-electron chi connectivity index (χ0n) is 10.8. The molecule has 21 heavy (non-hydrogen) atoms. The molecule has 2 heterocycles. The number of nitrogens with zero attached hydrogens (tertiary/aromatic N) is 2. The maximum Gasteiger partial charge on any atom is 0.270 e. The Hall–Kier alpha value is -2.54. The van der Waals surface area contributed by atoms with Crippen LogP contribution in [-0.4, -0.2) is 15.9 Å². The van der Waals surface area contributed by atoms with E-state index in [4.69, 9.17) is 5.73 Å². The number of para-hydroxylation sites is 1. The number of aromatic nitrogens is 2. The largest absolute Gasteiger partial charge is 0.375 e. The molecule has 0 spiro atoms. The summed E-state index contributed by atoms with van der Waals surface area (Å²) < 4.78 is 13.7. The molecule has 0 atom stereocenters. The standard InChI is InChI=1S/C14H11FN4OS/c15-10-3-1-2-8-4-5-11(19-12(8)10)13(20)17-6-9-7-21-14(16)18-9/h1-5,7H,6H2,(H2,16,18)(H,17,20). The maximum absolute atomic E-state index is 13.7. The molecule has 0 bridgehead atoms. The van der Waals surface area contributed by atoms with Crippen LogP contribution in [0.1, 0.15) is 16.2 Å². The van der Waals surface area contributed by atoms with Crippen molar-refractivity contribution in [3.05, 3.63) is 52.9 Å². The van der Waals surface area contributed by atoms with E-state index < -0.39 is 5.82 Å². The molecule has 7 heteroatoms. The Morgan fingerprint density at radius 2 is 2.14 bits per heavy atom. The molecule has 0 unspecified atom stereocenters. The minimum absolute atomic E-state index is 0.163. The van der Waals surface area contributed by atoms with E-state index in [1.54, 1.807) is 29.6 Å². The van der Waals surface area contributed by atoms with Crippen LogP contribution in [0.2, 0.25) is 0 Å². The summed E-state index contributed by atoms with van der Waals surface area (Å²) in [5.74, 6) is -0.832. The average Bonchev–Trinajstić information content (AvgIpc) is 2.90. The number of amides is 1. The van der Waals surface area contributed by atoms with Gasteiger partial charge in [-0.05, 0) is 12.1 Å². The van der Waals surface area contributed by atoms with E-state index >= 15 is 0 Å². The van der Waals surface area contributed by atoms with Crippen LogP contribution in [0.5, 0.6) is 0 Å².